The summed E-state index contributed by atoms with van der Waals surface area (Å²) in [7, 11) is 3.17. The molecule has 1 atom stereocenters. The number of rotatable bonds is 7. The van der Waals surface area contributed by atoms with Crippen LogP contribution < -0.4 is 20.1 Å². The Kier molecular flexibility index (Phi) is 6.29. The van der Waals surface area contributed by atoms with Crippen LogP contribution in [0.4, 0.5) is 11.5 Å². The maximum Gasteiger partial charge on any atom is 0.270 e. The van der Waals surface area contributed by atoms with Gasteiger partial charge in [0.05, 0.1) is 25.9 Å². The molecule has 7 nitrogen and oxygen atoms in total. The number of methoxy groups -OCH3 is 2. The van der Waals surface area contributed by atoms with Crippen LogP contribution in [0, 0.1) is 6.92 Å². The first-order chi connectivity index (χ1) is 14.0. The van der Waals surface area contributed by atoms with Gasteiger partial charge in [-0.15, -0.1) is 0 Å². The highest BCUT2D eigenvalue weighted by Gasteiger charge is 2.15. The Labute approximate surface area is 170 Å². The summed E-state index contributed by atoms with van der Waals surface area (Å²) in [5.74, 6) is 2.00. The second-order valence-electron chi connectivity index (χ2n) is 6.48. The summed E-state index contributed by atoms with van der Waals surface area (Å²) in [6.45, 7) is 3.68. The second-order valence-corrected chi connectivity index (χ2v) is 6.48. The highest BCUT2D eigenvalue weighted by molar-refractivity contribution is 5.93. The minimum absolute atomic E-state index is 0.142. The van der Waals surface area contributed by atoms with E-state index in [0.29, 0.717) is 28.8 Å². The molecule has 0 fully saturated rings. The Balaban J connectivity index is 1.80. The molecule has 3 rings (SSSR count). The molecule has 1 heterocycles. The van der Waals surface area contributed by atoms with Gasteiger partial charge in [0, 0.05) is 12.1 Å². The number of aryl methyl sites for hydroxylation is 1. The SMILES string of the molecule is COc1ccc(Nc2cc(C(=O)NC(C)c3ccccc3)nc(C)n2)c(OC)c1. The van der Waals surface area contributed by atoms with Gasteiger partial charge in [0.2, 0.25) is 0 Å². The van der Waals surface area contributed by atoms with Gasteiger partial charge in [-0.1, -0.05) is 30.3 Å². The fourth-order valence-corrected chi connectivity index (χ4v) is 2.88. The fourth-order valence-electron chi connectivity index (χ4n) is 2.88. The largest absolute Gasteiger partial charge is 0.497 e. The summed E-state index contributed by atoms with van der Waals surface area (Å²) in [4.78, 5) is 21.4. The Hall–Kier alpha value is -3.61. The number of anilines is 2. The molecule has 1 amide bonds. The van der Waals surface area contributed by atoms with Crippen molar-refractivity contribution in [3.8, 4) is 11.5 Å². The second kappa shape index (κ2) is 9.05. The number of amides is 1. The van der Waals surface area contributed by atoms with Crippen LogP contribution in [0.15, 0.2) is 54.6 Å². The van der Waals surface area contributed by atoms with Crippen LogP contribution in [0.5, 0.6) is 11.5 Å². The molecule has 0 bridgehead atoms. The van der Waals surface area contributed by atoms with Gasteiger partial charge in [0.15, 0.2) is 0 Å². The summed E-state index contributed by atoms with van der Waals surface area (Å²) in [6.07, 6.45) is 0. The topological polar surface area (TPSA) is 85.4 Å². The smallest absolute Gasteiger partial charge is 0.270 e. The van der Waals surface area contributed by atoms with Gasteiger partial charge in [-0.3, -0.25) is 4.79 Å². The van der Waals surface area contributed by atoms with E-state index in [9.17, 15) is 4.79 Å². The number of ether oxygens (including phenoxy) is 2. The van der Waals surface area contributed by atoms with Crippen LogP contribution in [-0.4, -0.2) is 30.1 Å². The molecule has 0 saturated heterocycles. The molecule has 0 saturated carbocycles. The van der Waals surface area contributed by atoms with Crippen LogP contribution >= 0.6 is 0 Å². The zero-order chi connectivity index (χ0) is 20.8. The number of hydrogen-bond donors (Lipinski definition) is 2. The van der Waals surface area contributed by atoms with Crippen LogP contribution in [0.1, 0.15) is 34.8 Å². The van der Waals surface area contributed by atoms with Crippen LogP contribution in [-0.2, 0) is 0 Å². The number of carbonyl (C=O) groups excluding carboxylic acids is 1. The number of nitrogens with one attached hydrogen (secondary N) is 2. The van der Waals surface area contributed by atoms with Gasteiger partial charge in [0.1, 0.15) is 28.8 Å². The fraction of sp³-hybridized carbons (Fsp3) is 0.227. The van der Waals surface area contributed by atoms with Crippen molar-refractivity contribution in [2.45, 2.75) is 19.9 Å². The van der Waals surface area contributed by atoms with Gasteiger partial charge in [-0.05, 0) is 31.5 Å². The zero-order valence-electron chi connectivity index (χ0n) is 16.9. The minimum Gasteiger partial charge on any atom is -0.497 e. The number of carbonyl (C=O) groups is 1. The van der Waals surface area contributed by atoms with Crippen molar-refractivity contribution in [2.24, 2.45) is 0 Å². The summed E-state index contributed by atoms with van der Waals surface area (Å²) in [5.41, 5.74) is 2.01. The van der Waals surface area contributed by atoms with Crippen molar-refractivity contribution < 1.29 is 14.3 Å². The molecule has 0 aliphatic rings. The highest BCUT2D eigenvalue weighted by Crippen LogP contribution is 2.31. The maximum absolute atomic E-state index is 12.7. The Morgan fingerprint density at radius 1 is 1.00 bits per heavy atom. The van der Waals surface area contributed by atoms with E-state index in [0.717, 1.165) is 5.56 Å². The van der Waals surface area contributed by atoms with E-state index in [1.807, 2.05) is 49.4 Å². The standard InChI is InChI=1S/C22H24N4O3/c1-14(16-8-6-5-7-9-16)23-22(27)19-13-21(25-15(2)24-19)26-18-11-10-17(28-3)12-20(18)29-4/h5-14H,1-4H3,(H,23,27)(H,24,25,26). The van der Waals surface area contributed by atoms with Crippen molar-refractivity contribution in [1.29, 1.82) is 0 Å². The maximum atomic E-state index is 12.7. The lowest BCUT2D eigenvalue weighted by Crippen LogP contribution is -2.27. The predicted octanol–water partition coefficient (Wildman–Crippen LogP) is 4.04. The molecule has 29 heavy (non-hydrogen) atoms. The summed E-state index contributed by atoms with van der Waals surface area (Å²) in [6, 6.07) is 16.6. The average Bonchev–Trinajstić information content (AvgIpc) is 2.74. The van der Waals surface area contributed by atoms with Gasteiger partial charge in [-0.25, -0.2) is 9.97 Å². The molecule has 0 spiro atoms. The highest BCUT2D eigenvalue weighted by atomic mass is 16.5. The Bertz CT molecular complexity index is 993. The lowest BCUT2D eigenvalue weighted by molar-refractivity contribution is 0.0934. The van der Waals surface area contributed by atoms with Crippen LogP contribution in [0.25, 0.3) is 0 Å². The third kappa shape index (κ3) is 5.01. The number of nitrogens with zero attached hydrogens (tertiary/aromatic N) is 2. The van der Waals surface area contributed by atoms with Gasteiger partial charge in [-0.2, -0.15) is 0 Å². The summed E-state index contributed by atoms with van der Waals surface area (Å²) < 4.78 is 10.6. The molecular weight excluding hydrogens is 368 g/mol. The molecule has 0 radical (unpaired) electrons. The molecule has 1 unspecified atom stereocenters. The van der Waals surface area contributed by atoms with E-state index in [-0.39, 0.29) is 17.6 Å². The average molecular weight is 392 g/mol. The van der Waals surface area contributed by atoms with E-state index < -0.39 is 0 Å². The van der Waals surface area contributed by atoms with E-state index in [2.05, 4.69) is 20.6 Å². The number of hydrogen-bond acceptors (Lipinski definition) is 6. The molecule has 1 aromatic heterocycles. The van der Waals surface area contributed by atoms with Crippen LogP contribution in [0.2, 0.25) is 0 Å². The van der Waals surface area contributed by atoms with Gasteiger partial charge in [0.25, 0.3) is 5.91 Å². The molecule has 7 heteroatoms. The third-order valence-corrected chi connectivity index (χ3v) is 4.39. The molecule has 2 aromatic carbocycles. The quantitative estimate of drug-likeness (QED) is 0.631. The Morgan fingerprint density at radius 3 is 2.45 bits per heavy atom. The van der Waals surface area contributed by atoms with Crippen LogP contribution in [0.3, 0.4) is 0 Å². The summed E-state index contributed by atoms with van der Waals surface area (Å²) in [5, 5.41) is 6.15. The first-order valence-electron chi connectivity index (χ1n) is 9.20. The summed E-state index contributed by atoms with van der Waals surface area (Å²) >= 11 is 0. The van der Waals surface area contributed by atoms with E-state index >= 15 is 0 Å². The molecule has 150 valence electrons. The predicted molar refractivity (Wildman–Crippen MR) is 112 cm³/mol. The monoisotopic (exact) mass is 392 g/mol. The lowest BCUT2D eigenvalue weighted by Gasteiger charge is -2.15. The van der Waals surface area contributed by atoms with Crippen molar-refractivity contribution >= 4 is 17.4 Å². The van der Waals surface area contributed by atoms with E-state index in [1.54, 1.807) is 33.3 Å². The first kappa shape index (κ1) is 20.1. The molecular formula is C22H24N4O3. The number of aromatic nitrogens is 2. The van der Waals surface area contributed by atoms with E-state index in [4.69, 9.17) is 9.47 Å². The first-order valence-corrected chi connectivity index (χ1v) is 9.20. The van der Waals surface area contributed by atoms with Crippen molar-refractivity contribution in [1.82, 2.24) is 15.3 Å². The number of benzene rings is 2. The van der Waals surface area contributed by atoms with Crippen molar-refractivity contribution in [3.05, 3.63) is 71.7 Å². The molecule has 0 aliphatic carbocycles. The van der Waals surface area contributed by atoms with E-state index in [1.165, 1.54) is 0 Å². The van der Waals surface area contributed by atoms with Gasteiger partial charge >= 0.3 is 0 Å². The molecule has 2 N–H and O–H groups in total. The molecule has 3 aromatic rings. The van der Waals surface area contributed by atoms with Crippen molar-refractivity contribution in [3.63, 3.8) is 0 Å². The Morgan fingerprint density at radius 2 is 1.76 bits per heavy atom. The third-order valence-electron chi connectivity index (χ3n) is 4.39. The zero-order valence-corrected chi connectivity index (χ0v) is 16.9. The minimum atomic E-state index is -0.267. The lowest BCUT2D eigenvalue weighted by atomic mass is 10.1. The van der Waals surface area contributed by atoms with Gasteiger partial charge < -0.3 is 20.1 Å². The molecule has 0 aliphatic heterocycles. The van der Waals surface area contributed by atoms with Crippen molar-refractivity contribution in [2.75, 3.05) is 19.5 Å². The normalized spacial score (nSPS) is 11.4.